The van der Waals surface area contributed by atoms with Crippen LogP contribution >= 0.6 is 0 Å². The minimum Gasteiger partial charge on any atom is -0.483 e. The summed E-state index contributed by atoms with van der Waals surface area (Å²) in [4.78, 5) is 0. The van der Waals surface area contributed by atoms with Crippen molar-refractivity contribution in [3.63, 3.8) is 0 Å². The van der Waals surface area contributed by atoms with E-state index in [1.807, 2.05) is 32.0 Å². The first-order chi connectivity index (χ1) is 9.98. The highest BCUT2D eigenvalue weighted by Crippen LogP contribution is 2.43. The Bertz CT molecular complexity index is 745. The smallest absolute Gasteiger partial charge is 0.169 e. The Labute approximate surface area is 123 Å². The molecule has 0 aromatic heterocycles. The summed E-state index contributed by atoms with van der Waals surface area (Å²) >= 11 is 0. The molecule has 0 atom stereocenters. The molecule has 1 aliphatic heterocycles. The molecule has 2 N–H and O–H groups in total. The topological polar surface area (TPSA) is 68.3 Å². The molecule has 4 nitrogen and oxygen atoms in total. The molecule has 0 unspecified atom stereocenters. The Balaban J connectivity index is 1.98. The average Bonchev–Trinajstić information content (AvgIpc) is 2.75. The van der Waals surface area contributed by atoms with E-state index in [2.05, 4.69) is 6.07 Å². The molecule has 106 valence electrons. The number of benzene rings is 2. The number of hydrogen-bond acceptors (Lipinski definition) is 4. The number of fused-ring (bicyclic) bond motifs is 1. The first kappa shape index (κ1) is 13.3. The molecule has 0 radical (unpaired) electrons. The van der Waals surface area contributed by atoms with Gasteiger partial charge >= 0.3 is 0 Å². The third kappa shape index (κ3) is 2.50. The fraction of sp³-hybridized carbons (Fsp3) is 0.235. The standard InChI is InChI=1S/C17H16N2O2/c1-17(2)9-11-4-3-5-15(16(11)21-17)20-14-7-6-13(19)8-12(14)10-18/h3-8H,9,19H2,1-2H3. The van der Waals surface area contributed by atoms with E-state index in [-0.39, 0.29) is 5.60 Å². The van der Waals surface area contributed by atoms with Gasteiger partial charge in [-0.2, -0.15) is 5.26 Å². The normalized spacial score (nSPS) is 14.9. The van der Waals surface area contributed by atoms with Crippen molar-refractivity contribution in [3.05, 3.63) is 47.5 Å². The molecule has 21 heavy (non-hydrogen) atoms. The number of nitrogen functional groups attached to an aromatic ring is 1. The molecule has 0 bridgehead atoms. The summed E-state index contributed by atoms with van der Waals surface area (Å²) < 4.78 is 11.9. The Kier molecular flexibility index (Phi) is 2.99. The number of nitriles is 1. The van der Waals surface area contributed by atoms with E-state index in [0.29, 0.717) is 22.7 Å². The maximum Gasteiger partial charge on any atom is 0.169 e. The molecular weight excluding hydrogens is 264 g/mol. The SMILES string of the molecule is CC1(C)Cc2cccc(Oc3ccc(N)cc3C#N)c2O1. The van der Waals surface area contributed by atoms with E-state index in [9.17, 15) is 5.26 Å². The summed E-state index contributed by atoms with van der Waals surface area (Å²) in [7, 11) is 0. The second-order valence-corrected chi connectivity index (χ2v) is 5.75. The van der Waals surface area contributed by atoms with Gasteiger partial charge in [0.05, 0.1) is 5.56 Å². The van der Waals surface area contributed by atoms with Gasteiger partial charge in [-0.05, 0) is 38.1 Å². The third-order valence-corrected chi connectivity index (χ3v) is 3.40. The highest BCUT2D eigenvalue weighted by molar-refractivity contribution is 5.57. The molecule has 1 heterocycles. The number of rotatable bonds is 2. The van der Waals surface area contributed by atoms with Crippen LogP contribution in [0, 0.1) is 11.3 Å². The highest BCUT2D eigenvalue weighted by Gasteiger charge is 2.32. The molecule has 3 rings (SSSR count). The van der Waals surface area contributed by atoms with E-state index in [0.717, 1.165) is 17.7 Å². The lowest BCUT2D eigenvalue weighted by Gasteiger charge is -2.18. The summed E-state index contributed by atoms with van der Waals surface area (Å²) in [6, 6.07) is 12.9. The molecule has 4 heteroatoms. The van der Waals surface area contributed by atoms with Crippen molar-refractivity contribution in [3.8, 4) is 23.3 Å². The van der Waals surface area contributed by atoms with Crippen LogP contribution in [-0.2, 0) is 6.42 Å². The Morgan fingerprint density at radius 1 is 1.24 bits per heavy atom. The van der Waals surface area contributed by atoms with Gasteiger partial charge in [0, 0.05) is 17.7 Å². The van der Waals surface area contributed by atoms with Crippen molar-refractivity contribution in [1.82, 2.24) is 0 Å². The lowest BCUT2D eigenvalue weighted by atomic mass is 10.0. The van der Waals surface area contributed by atoms with Crippen molar-refractivity contribution in [2.75, 3.05) is 5.73 Å². The van der Waals surface area contributed by atoms with Crippen LogP contribution in [0.5, 0.6) is 17.2 Å². The largest absolute Gasteiger partial charge is 0.483 e. The van der Waals surface area contributed by atoms with Gasteiger partial charge in [0.15, 0.2) is 11.5 Å². The molecule has 0 saturated carbocycles. The monoisotopic (exact) mass is 280 g/mol. The first-order valence-electron chi connectivity index (χ1n) is 6.77. The van der Waals surface area contributed by atoms with Crippen LogP contribution in [0.2, 0.25) is 0 Å². The van der Waals surface area contributed by atoms with E-state index >= 15 is 0 Å². The van der Waals surface area contributed by atoms with Crippen LogP contribution in [-0.4, -0.2) is 5.60 Å². The van der Waals surface area contributed by atoms with Crippen molar-refractivity contribution in [2.24, 2.45) is 0 Å². The predicted molar refractivity (Wildman–Crippen MR) is 80.5 cm³/mol. The van der Waals surface area contributed by atoms with Gasteiger partial charge < -0.3 is 15.2 Å². The van der Waals surface area contributed by atoms with Gasteiger partial charge in [-0.25, -0.2) is 0 Å². The molecule has 0 aliphatic carbocycles. The summed E-state index contributed by atoms with van der Waals surface area (Å²) in [5.41, 5.74) is 7.52. The Hall–Kier alpha value is -2.67. The van der Waals surface area contributed by atoms with Crippen LogP contribution < -0.4 is 15.2 Å². The van der Waals surface area contributed by atoms with Gasteiger partial charge in [-0.3, -0.25) is 0 Å². The maximum atomic E-state index is 9.18. The Morgan fingerprint density at radius 3 is 2.81 bits per heavy atom. The molecule has 2 aromatic carbocycles. The summed E-state index contributed by atoms with van der Waals surface area (Å²) in [6.45, 7) is 4.08. The number of hydrogen-bond donors (Lipinski definition) is 1. The second-order valence-electron chi connectivity index (χ2n) is 5.75. The van der Waals surface area contributed by atoms with Gasteiger partial charge in [0.1, 0.15) is 17.4 Å². The van der Waals surface area contributed by atoms with Crippen LogP contribution in [0.1, 0.15) is 25.0 Å². The number of nitrogens with zero attached hydrogens (tertiary/aromatic N) is 1. The highest BCUT2D eigenvalue weighted by atomic mass is 16.5. The zero-order valence-corrected chi connectivity index (χ0v) is 12.0. The van der Waals surface area contributed by atoms with Crippen LogP contribution in [0.25, 0.3) is 0 Å². The fourth-order valence-electron chi connectivity index (χ4n) is 2.51. The molecule has 1 aliphatic rings. The predicted octanol–water partition coefficient (Wildman–Crippen LogP) is 3.65. The zero-order chi connectivity index (χ0) is 15.0. The van der Waals surface area contributed by atoms with Gasteiger partial charge in [-0.1, -0.05) is 12.1 Å². The summed E-state index contributed by atoms with van der Waals surface area (Å²) in [6.07, 6.45) is 0.840. The number of para-hydroxylation sites is 1. The molecular formula is C17H16N2O2. The van der Waals surface area contributed by atoms with E-state index in [4.69, 9.17) is 15.2 Å². The third-order valence-electron chi connectivity index (χ3n) is 3.40. The molecule has 0 amide bonds. The molecule has 2 aromatic rings. The Morgan fingerprint density at radius 2 is 2.05 bits per heavy atom. The lowest BCUT2D eigenvalue weighted by molar-refractivity contribution is 0.135. The molecule has 0 fully saturated rings. The van der Waals surface area contributed by atoms with E-state index < -0.39 is 0 Å². The fourth-order valence-corrected chi connectivity index (χ4v) is 2.51. The van der Waals surface area contributed by atoms with Crippen LogP contribution in [0.3, 0.4) is 0 Å². The molecule has 0 spiro atoms. The van der Waals surface area contributed by atoms with Crippen LogP contribution in [0.4, 0.5) is 5.69 Å². The van der Waals surface area contributed by atoms with Gasteiger partial charge in [0.2, 0.25) is 0 Å². The minimum atomic E-state index is -0.235. The van der Waals surface area contributed by atoms with Crippen LogP contribution in [0.15, 0.2) is 36.4 Å². The number of nitrogens with two attached hydrogens (primary N) is 1. The second kappa shape index (κ2) is 4.71. The van der Waals surface area contributed by atoms with Crippen molar-refractivity contribution in [2.45, 2.75) is 25.9 Å². The quantitative estimate of drug-likeness (QED) is 0.853. The van der Waals surface area contributed by atoms with Gasteiger partial charge in [0.25, 0.3) is 0 Å². The van der Waals surface area contributed by atoms with E-state index in [1.165, 1.54) is 0 Å². The van der Waals surface area contributed by atoms with Crippen molar-refractivity contribution < 1.29 is 9.47 Å². The number of ether oxygens (including phenoxy) is 2. The van der Waals surface area contributed by atoms with Crippen molar-refractivity contribution >= 4 is 5.69 Å². The first-order valence-corrected chi connectivity index (χ1v) is 6.77. The number of anilines is 1. The summed E-state index contributed by atoms with van der Waals surface area (Å²) in [5.74, 6) is 1.86. The lowest BCUT2D eigenvalue weighted by Crippen LogP contribution is -2.24. The summed E-state index contributed by atoms with van der Waals surface area (Å²) in [5, 5.41) is 9.18. The van der Waals surface area contributed by atoms with Gasteiger partial charge in [-0.15, -0.1) is 0 Å². The van der Waals surface area contributed by atoms with E-state index in [1.54, 1.807) is 18.2 Å². The zero-order valence-electron chi connectivity index (χ0n) is 12.0. The molecule has 0 saturated heterocycles. The minimum absolute atomic E-state index is 0.235. The average molecular weight is 280 g/mol. The van der Waals surface area contributed by atoms with Crippen molar-refractivity contribution in [1.29, 1.82) is 5.26 Å². The maximum absolute atomic E-state index is 9.18.